The summed E-state index contributed by atoms with van der Waals surface area (Å²) in [5.74, 6) is 0.853. The molecule has 0 spiro atoms. The van der Waals surface area contributed by atoms with E-state index in [2.05, 4.69) is 91.2 Å². The van der Waals surface area contributed by atoms with E-state index >= 15 is 0 Å². The first-order valence-electron chi connectivity index (χ1n) is 11.4. The van der Waals surface area contributed by atoms with Gasteiger partial charge in [0.25, 0.3) is 0 Å². The molecule has 2 unspecified atom stereocenters. The van der Waals surface area contributed by atoms with Crippen LogP contribution in [0.15, 0.2) is 29.3 Å². The SMILES string of the molecule is CN=C(NCCN(C(C)C)C(C)C)NCc1ccccc1CN1CC(C)OC(C)C1.I. The lowest BCUT2D eigenvalue weighted by Crippen LogP contribution is -2.45. The molecule has 2 rings (SSSR count). The van der Waals surface area contributed by atoms with Gasteiger partial charge in [-0.25, -0.2) is 0 Å². The van der Waals surface area contributed by atoms with E-state index < -0.39 is 0 Å². The van der Waals surface area contributed by atoms with E-state index in [1.165, 1.54) is 11.1 Å². The van der Waals surface area contributed by atoms with Crippen molar-refractivity contribution in [2.75, 3.05) is 33.2 Å². The maximum Gasteiger partial charge on any atom is 0.191 e. The second-order valence-electron chi connectivity index (χ2n) is 9.00. The number of nitrogens with one attached hydrogen (secondary N) is 2. The van der Waals surface area contributed by atoms with Crippen molar-refractivity contribution in [2.45, 2.75) is 78.9 Å². The molecular formula is C24H44IN5O. The van der Waals surface area contributed by atoms with Gasteiger partial charge in [-0.2, -0.15) is 0 Å². The number of nitrogens with zero attached hydrogens (tertiary/aromatic N) is 3. The zero-order valence-electron chi connectivity index (χ0n) is 20.5. The molecule has 6 nitrogen and oxygen atoms in total. The summed E-state index contributed by atoms with van der Waals surface area (Å²) in [6.45, 7) is 18.9. The van der Waals surface area contributed by atoms with Crippen molar-refractivity contribution in [2.24, 2.45) is 4.99 Å². The second kappa shape index (κ2) is 14.3. The van der Waals surface area contributed by atoms with E-state index in [1.54, 1.807) is 0 Å². The van der Waals surface area contributed by atoms with Crippen molar-refractivity contribution in [1.29, 1.82) is 0 Å². The van der Waals surface area contributed by atoms with Crippen LogP contribution in [0.1, 0.15) is 52.7 Å². The minimum atomic E-state index is 0. The quantitative estimate of drug-likeness (QED) is 0.282. The Labute approximate surface area is 207 Å². The molecule has 2 N–H and O–H groups in total. The summed E-state index contributed by atoms with van der Waals surface area (Å²) in [5, 5.41) is 6.95. The third-order valence-electron chi connectivity index (χ3n) is 5.67. The third-order valence-corrected chi connectivity index (χ3v) is 5.67. The van der Waals surface area contributed by atoms with Gasteiger partial charge in [-0.15, -0.1) is 24.0 Å². The predicted octanol–water partition coefficient (Wildman–Crippen LogP) is 3.70. The van der Waals surface area contributed by atoms with E-state index in [0.717, 1.165) is 45.2 Å². The molecule has 0 aromatic heterocycles. The van der Waals surface area contributed by atoms with Crippen molar-refractivity contribution in [3.8, 4) is 0 Å². The number of ether oxygens (including phenoxy) is 1. The fourth-order valence-corrected chi connectivity index (χ4v) is 4.35. The van der Waals surface area contributed by atoms with Gasteiger partial charge < -0.3 is 15.4 Å². The van der Waals surface area contributed by atoms with Crippen LogP contribution in [0.3, 0.4) is 0 Å². The highest BCUT2D eigenvalue weighted by Crippen LogP contribution is 2.17. The summed E-state index contributed by atoms with van der Waals surface area (Å²) in [5.41, 5.74) is 2.69. The molecule has 178 valence electrons. The van der Waals surface area contributed by atoms with Crippen LogP contribution in [0, 0.1) is 0 Å². The van der Waals surface area contributed by atoms with Gasteiger partial charge >= 0.3 is 0 Å². The summed E-state index contributed by atoms with van der Waals surface area (Å²) >= 11 is 0. The number of hydrogen-bond donors (Lipinski definition) is 2. The van der Waals surface area contributed by atoms with Crippen LogP contribution in [-0.4, -0.2) is 73.3 Å². The Hall–Kier alpha value is -0.900. The summed E-state index contributed by atoms with van der Waals surface area (Å²) in [6.07, 6.45) is 0.580. The molecular weight excluding hydrogens is 501 g/mol. The van der Waals surface area contributed by atoms with Gasteiger partial charge in [0, 0.05) is 58.4 Å². The molecule has 1 aromatic rings. The Morgan fingerprint density at radius 2 is 1.65 bits per heavy atom. The minimum Gasteiger partial charge on any atom is -0.373 e. The highest BCUT2D eigenvalue weighted by atomic mass is 127. The highest BCUT2D eigenvalue weighted by molar-refractivity contribution is 14.0. The lowest BCUT2D eigenvalue weighted by Gasteiger charge is -2.35. The van der Waals surface area contributed by atoms with Gasteiger partial charge in [-0.05, 0) is 52.7 Å². The first kappa shape index (κ1) is 28.1. The average molecular weight is 546 g/mol. The summed E-state index contributed by atoms with van der Waals surface area (Å²) in [7, 11) is 1.83. The Kier molecular flexibility index (Phi) is 13.0. The smallest absolute Gasteiger partial charge is 0.191 e. The van der Waals surface area contributed by atoms with Crippen molar-refractivity contribution in [3.63, 3.8) is 0 Å². The Bertz CT molecular complexity index is 649. The molecule has 1 aromatic carbocycles. The molecule has 0 aliphatic carbocycles. The molecule has 1 aliphatic rings. The number of morpholine rings is 1. The third kappa shape index (κ3) is 9.63. The van der Waals surface area contributed by atoms with Crippen LogP contribution in [0.25, 0.3) is 0 Å². The van der Waals surface area contributed by atoms with Crippen LogP contribution < -0.4 is 10.6 Å². The standard InChI is InChI=1S/C24H43N5O.HI/c1-18(2)29(19(3)4)13-12-26-24(25-7)27-14-22-10-8-9-11-23(22)17-28-15-20(5)30-21(6)16-28;/h8-11,18-21H,12-17H2,1-7H3,(H2,25,26,27);1H. The number of halogens is 1. The zero-order chi connectivity index (χ0) is 22.1. The number of hydrogen-bond acceptors (Lipinski definition) is 4. The summed E-state index contributed by atoms with van der Waals surface area (Å²) in [4.78, 5) is 9.39. The Morgan fingerprint density at radius 1 is 1.06 bits per heavy atom. The fourth-order valence-electron chi connectivity index (χ4n) is 4.35. The van der Waals surface area contributed by atoms with Crippen LogP contribution >= 0.6 is 24.0 Å². The lowest BCUT2D eigenvalue weighted by atomic mass is 10.1. The van der Waals surface area contributed by atoms with Crippen molar-refractivity contribution < 1.29 is 4.74 Å². The molecule has 1 fully saturated rings. The van der Waals surface area contributed by atoms with Crippen LogP contribution in [0.4, 0.5) is 0 Å². The van der Waals surface area contributed by atoms with Gasteiger partial charge in [0.05, 0.1) is 12.2 Å². The minimum absolute atomic E-state index is 0. The number of benzene rings is 1. The van der Waals surface area contributed by atoms with Crippen molar-refractivity contribution in [3.05, 3.63) is 35.4 Å². The van der Waals surface area contributed by atoms with Crippen LogP contribution in [0.5, 0.6) is 0 Å². The molecule has 0 bridgehead atoms. The number of aliphatic imine (C=N–C) groups is 1. The normalized spacial score (nSPS) is 20.3. The Balaban J connectivity index is 0.00000480. The van der Waals surface area contributed by atoms with Gasteiger partial charge in [-0.3, -0.25) is 14.8 Å². The van der Waals surface area contributed by atoms with Gasteiger partial charge in [0.15, 0.2) is 5.96 Å². The largest absolute Gasteiger partial charge is 0.373 e. The molecule has 0 saturated carbocycles. The van der Waals surface area contributed by atoms with E-state index in [1.807, 2.05) is 7.05 Å². The average Bonchev–Trinajstić information content (AvgIpc) is 2.67. The first-order chi connectivity index (χ1) is 14.3. The first-order valence-corrected chi connectivity index (χ1v) is 11.4. The van der Waals surface area contributed by atoms with Crippen molar-refractivity contribution >= 4 is 29.9 Å². The molecule has 1 heterocycles. The maximum absolute atomic E-state index is 5.88. The van der Waals surface area contributed by atoms with Crippen LogP contribution in [-0.2, 0) is 17.8 Å². The molecule has 2 atom stereocenters. The summed E-state index contributed by atoms with van der Waals surface area (Å²) < 4.78 is 5.88. The van der Waals surface area contributed by atoms with Crippen LogP contribution in [0.2, 0.25) is 0 Å². The van der Waals surface area contributed by atoms with Crippen molar-refractivity contribution in [1.82, 2.24) is 20.4 Å². The molecule has 7 heteroatoms. The monoisotopic (exact) mass is 545 g/mol. The molecule has 1 saturated heterocycles. The van der Waals surface area contributed by atoms with E-state index in [4.69, 9.17) is 4.74 Å². The molecule has 1 aliphatic heterocycles. The zero-order valence-corrected chi connectivity index (χ0v) is 22.8. The van der Waals surface area contributed by atoms with Gasteiger partial charge in [0.1, 0.15) is 0 Å². The van der Waals surface area contributed by atoms with Gasteiger partial charge in [-0.1, -0.05) is 24.3 Å². The lowest BCUT2D eigenvalue weighted by molar-refractivity contribution is -0.0705. The topological polar surface area (TPSA) is 52.1 Å². The molecule has 0 amide bonds. The van der Waals surface area contributed by atoms with E-state index in [-0.39, 0.29) is 24.0 Å². The number of guanidine groups is 1. The second-order valence-corrected chi connectivity index (χ2v) is 9.00. The van der Waals surface area contributed by atoms with E-state index in [9.17, 15) is 0 Å². The predicted molar refractivity (Wildman–Crippen MR) is 142 cm³/mol. The number of rotatable bonds is 9. The fraction of sp³-hybridized carbons (Fsp3) is 0.708. The summed E-state index contributed by atoms with van der Waals surface area (Å²) in [6, 6.07) is 9.78. The highest BCUT2D eigenvalue weighted by Gasteiger charge is 2.22. The van der Waals surface area contributed by atoms with Gasteiger partial charge in [0.2, 0.25) is 0 Å². The Morgan fingerprint density at radius 3 is 2.19 bits per heavy atom. The molecule has 0 radical (unpaired) electrons. The maximum atomic E-state index is 5.88. The molecule has 31 heavy (non-hydrogen) atoms. The van der Waals surface area contributed by atoms with E-state index in [0.29, 0.717) is 24.3 Å².